The molecule has 0 spiro atoms. The van der Waals surface area contributed by atoms with Crippen molar-refractivity contribution in [2.75, 3.05) is 46.6 Å². The first-order valence-electron chi connectivity index (χ1n) is 20.9. The van der Waals surface area contributed by atoms with E-state index in [-0.39, 0.29) is 30.6 Å². The largest absolute Gasteiger partial charge is 0.394 e. The van der Waals surface area contributed by atoms with Gasteiger partial charge in [-0.15, -0.1) is 0 Å². The van der Waals surface area contributed by atoms with Gasteiger partial charge in [-0.2, -0.15) is 0 Å². The van der Waals surface area contributed by atoms with E-state index in [9.17, 15) is 30.0 Å². The molecule has 3 fully saturated rings. The van der Waals surface area contributed by atoms with Crippen LogP contribution in [0.3, 0.4) is 0 Å². The minimum absolute atomic E-state index is 0.0568. The van der Waals surface area contributed by atoms with Gasteiger partial charge in [0.25, 0.3) is 5.91 Å². The first-order chi connectivity index (χ1) is 25.2. The van der Waals surface area contributed by atoms with Gasteiger partial charge in [0.1, 0.15) is 24.9 Å². The lowest BCUT2D eigenvalue weighted by Gasteiger charge is -2.58. The van der Waals surface area contributed by atoms with Crippen molar-refractivity contribution in [2.45, 2.75) is 149 Å². The van der Waals surface area contributed by atoms with Crippen LogP contribution in [0, 0.1) is 46.3 Å². The molecule has 0 saturated heterocycles. The van der Waals surface area contributed by atoms with E-state index >= 15 is 0 Å². The first-order valence-corrected chi connectivity index (χ1v) is 20.9. The monoisotopic (exact) mass is 751 g/mol. The molecule has 4 rings (SSSR count). The SMILES string of the molecule is COCC(=O)N(CCCNC(=O)[C@H](O)[C@@H](O)[C@H](O)[C@H](O)CO)CCCO[C@H]1CC[C@@]2(C)C(=CC[C@H]3[C@@H]4CC[C@H]([C@H](C)CCCC(C)C)[C@@]4(C)CC[C@@H]32)C1. The van der Waals surface area contributed by atoms with Crippen LogP contribution in [-0.4, -0.2) is 119 Å². The maximum atomic E-state index is 12.8. The van der Waals surface area contributed by atoms with Crippen LogP contribution in [0.5, 0.6) is 0 Å². The lowest BCUT2D eigenvalue weighted by atomic mass is 9.47. The van der Waals surface area contributed by atoms with Crippen molar-refractivity contribution in [3.8, 4) is 0 Å². The molecule has 11 heteroatoms. The smallest absolute Gasteiger partial charge is 0.251 e. The highest BCUT2D eigenvalue weighted by molar-refractivity contribution is 5.81. The summed E-state index contributed by atoms with van der Waals surface area (Å²) < 4.78 is 11.5. The Morgan fingerprint density at radius 2 is 1.68 bits per heavy atom. The van der Waals surface area contributed by atoms with Gasteiger partial charge in [-0.05, 0) is 111 Å². The third-order valence-electron chi connectivity index (χ3n) is 14.2. The number of nitrogens with zero attached hydrogens (tertiary/aromatic N) is 1. The summed E-state index contributed by atoms with van der Waals surface area (Å²) in [7, 11) is 1.47. The second-order valence-corrected chi connectivity index (χ2v) is 18.0. The van der Waals surface area contributed by atoms with Gasteiger partial charge in [0, 0.05) is 33.4 Å². The minimum atomic E-state index is -1.99. The molecule has 0 radical (unpaired) electrons. The number of ether oxygens (including phenoxy) is 2. The third-order valence-corrected chi connectivity index (χ3v) is 14.2. The van der Waals surface area contributed by atoms with E-state index in [1.165, 1.54) is 64.9 Å². The molecule has 11 nitrogen and oxygen atoms in total. The molecule has 4 aliphatic rings. The topological polar surface area (TPSA) is 169 Å². The van der Waals surface area contributed by atoms with Crippen LogP contribution in [0.15, 0.2) is 11.6 Å². The summed E-state index contributed by atoms with van der Waals surface area (Å²) in [6, 6.07) is 0. The van der Waals surface area contributed by atoms with Gasteiger partial charge in [-0.25, -0.2) is 0 Å². The molecule has 0 unspecified atom stereocenters. The maximum absolute atomic E-state index is 12.8. The standard InChI is InChI=1S/C42H74N2O9/c1-27(2)10-7-11-28(3)32-14-15-33-31-13-12-29-24-30(16-18-41(29,4)34(31)17-19-42(32,33)5)53-23-9-22-44(36(47)26-52-6)21-8-20-43-40(51)39(50)38(49)37(48)35(46)25-45/h12,27-28,30-35,37-39,45-46,48-50H,7-11,13-26H2,1-6H3,(H,43,51)/t28-,30+,31+,32-,33+,34+,35-,37-,38+,39-,41+,42-/m1/s1. The van der Waals surface area contributed by atoms with Gasteiger partial charge in [0.05, 0.1) is 12.7 Å². The Bertz CT molecular complexity index is 1200. The highest BCUT2D eigenvalue weighted by atomic mass is 16.5. The number of carbonyl (C=O) groups is 2. The van der Waals surface area contributed by atoms with Crippen LogP contribution in [-0.2, 0) is 19.1 Å². The highest BCUT2D eigenvalue weighted by Gasteiger charge is 2.59. The molecule has 12 atom stereocenters. The molecular weight excluding hydrogens is 676 g/mol. The number of hydrogen-bond donors (Lipinski definition) is 6. The van der Waals surface area contributed by atoms with E-state index in [0.717, 1.165) is 48.3 Å². The average Bonchev–Trinajstić information content (AvgIpc) is 3.49. The van der Waals surface area contributed by atoms with E-state index in [1.807, 2.05) is 0 Å². The molecule has 0 aromatic carbocycles. The predicted molar refractivity (Wildman–Crippen MR) is 205 cm³/mol. The number of hydrogen-bond acceptors (Lipinski definition) is 9. The Balaban J connectivity index is 1.22. The van der Waals surface area contributed by atoms with E-state index in [0.29, 0.717) is 38.0 Å². The van der Waals surface area contributed by atoms with Crippen LogP contribution >= 0.6 is 0 Å². The van der Waals surface area contributed by atoms with Crippen molar-refractivity contribution < 1.29 is 44.6 Å². The molecule has 3 saturated carbocycles. The van der Waals surface area contributed by atoms with Gasteiger partial charge in [-0.3, -0.25) is 9.59 Å². The number of carbonyl (C=O) groups excluding carboxylic acids is 2. The van der Waals surface area contributed by atoms with Crippen molar-refractivity contribution >= 4 is 11.8 Å². The summed E-state index contributed by atoms with van der Waals surface area (Å²) in [5.74, 6) is 3.86. The first kappa shape index (κ1) is 44.1. The minimum Gasteiger partial charge on any atom is -0.394 e. The van der Waals surface area contributed by atoms with Gasteiger partial charge in [-0.1, -0.05) is 65.5 Å². The number of aliphatic hydroxyl groups excluding tert-OH is 5. The molecule has 0 bridgehead atoms. The fourth-order valence-corrected chi connectivity index (χ4v) is 11.1. The quantitative estimate of drug-likeness (QED) is 0.0744. The van der Waals surface area contributed by atoms with Gasteiger partial charge < -0.3 is 45.2 Å². The maximum Gasteiger partial charge on any atom is 0.251 e. The fourth-order valence-electron chi connectivity index (χ4n) is 11.1. The second kappa shape index (κ2) is 20.0. The summed E-state index contributed by atoms with van der Waals surface area (Å²) in [6.45, 7) is 13.1. The number of rotatable bonds is 21. The summed E-state index contributed by atoms with van der Waals surface area (Å²) in [6.07, 6.45) is 10.5. The van der Waals surface area contributed by atoms with E-state index in [4.69, 9.17) is 14.6 Å². The number of amides is 2. The Morgan fingerprint density at radius 3 is 2.38 bits per heavy atom. The molecule has 2 amide bonds. The van der Waals surface area contributed by atoms with Crippen LogP contribution in [0.4, 0.5) is 0 Å². The Labute approximate surface area is 319 Å². The number of allylic oxidation sites excluding steroid dienone is 1. The van der Waals surface area contributed by atoms with Gasteiger partial charge >= 0.3 is 0 Å². The van der Waals surface area contributed by atoms with Gasteiger partial charge in [0.15, 0.2) is 6.10 Å². The third kappa shape index (κ3) is 10.6. The Morgan fingerprint density at radius 1 is 0.943 bits per heavy atom. The van der Waals surface area contributed by atoms with Crippen molar-refractivity contribution in [2.24, 2.45) is 46.3 Å². The van der Waals surface area contributed by atoms with E-state index < -0.39 is 36.9 Å². The number of methoxy groups -OCH3 is 1. The lowest BCUT2D eigenvalue weighted by Crippen LogP contribution is -2.51. The van der Waals surface area contributed by atoms with Crippen molar-refractivity contribution in [1.29, 1.82) is 0 Å². The predicted octanol–water partition coefficient (Wildman–Crippen LogP) is 4.22. The number of aliphatic hydroxyl groups is 5. The van der Waals surface area contributed by atoms with Crippen molar-refractivity contribution in [3.05, 3.63) is 11.6 Å². The summed E-state index contributed by atoms with van der Waals surface area (Å²) in [4.78, 5) is 26.7. The van der Waals surface area contributed by atoms with Crippen LogP contribution in [0.25, 0.3) is 0 Å². The van der Waals surface area contributed by atoms with Crippen molar-refractivity contribution in [3.63, 3.8) is 0 Å². The van der Waals surface area contributed by atoms with E-state index in [1.54, 1.807) is 10.5 Å². The normalized spacial score (nSPS) is 32.5. The van der Waals surface area contributed by atoms with Crippen LogP contribution in [0.1, 0.15) is 118 Å². The lowest BCUT2D eigenvalue weighted by molar-refractivity contribution is -0.148. The van der Waals surface area contributed by atoms with Crippen LogP contribution in [0.2, 0.25) is 0 Å². The summed E-state index contributed by atoms with van der Waals surface area (Å²) in [5.41, 5.74) is 2.39. The molecule has 6 N–H and O–H groups in total. The van der Waals surface area contributed by atoms with E-state index in [2.05, 4.69) is 46.0 Å². The molecule has 0 aromatic heterocycles. The Hall–Kier alpha value is -1.60. The molecule has 53 heavy (non-hydrogen) atoms. The molecule has 0 aromatic rings. The highest BCUT2D eigenvalue weighted by Crippen LogP contribution is 2.67. The zero-order valence-corrected chi connectivity index (χ0v) is 33.7. The zero-order chi connectivity index (χ0) is 38.9. The van der Waals surface area contributed by atoms with Crippen molar-refractivity contribution in [1.82, 2.24) is 10.2 Å². The average molecular weight is 751 g/mol. The molecule has 0 heterocycles. The molecule has 0 aliphatic heterocycles. The summed E-state index contributed by atoms with van der Waals surface area (Å²) in [5, 5.41) is 50.6. The van der Waals surface area contributed by atoms with Gasteiger partial charge in [0.2, 0.25) is 5.91 Å². The zero-order valence-electron chi connectivity index (χ0n) is 33.7. The number of nitrogens with one attached hydrogen (secondary N) is 1. The molecule has 4 aliphatic carbocycles. The Kier molecular flexibility index (Phi) is 16.7. The van der Waals surface area contributed by atoms with Crippen LogP contribution < -0.4 is 5.32 Å². The molecular formula is C42H74N2O9. The molecule has 306 valence electrons. The number of fused-ring (bicyclic) bond motifs is 5. The fraction of sp³-hybridized carbons (Fsp3) is 0.905. The summed E-state index contributed by atoms with van der Waals surface area (Å²) >= 11 is 0. The second-order valence-electron chi connectivity index (χ2n) is 18.0.